The van der Waals surface area contributed by atoms with Crippen molar-refractivity contribution >= 4 is 23.2 Å². The number of hydrogen-bond donors (Lipinski definition) is 2. The van der Waals surface area contributed by atoms with Gasteiger partial charge < -0.3 is 10.6 Å². The summed E-state index contributed by atoms with van der Waals surface area (Å²) in [4.78, 5) is 24.1. The fraction of sp³-hybridized carbons (Fsp3) is 0.333. The zero-order valence-corrected chi connectivity index (χ0v) is 15.6. The zero-order valence-electron chi connectivity index (χ0n) is 15.6. The van der Waals surface area contributed by atoms with Crippen LogP contribution in [0.2, 0.25) is 0 Å². The van der Waals surface area contributed by atoms with E-state index in [0.29, 0.717) is 11.4 Å². The molecule has 0 aromatic heterocycles. The van der Waals surface area contributed by atoms with Gasteiger partial charge >= 0.3 is 0 Å². The van der Waals surface area contributed by atoms with Crippen LogP contribution in [0.1, 0.15) is 43.9 Å². The molecule has 0 aliphatic rings. The largest absolute Gasteiger partial charge is 0.326 e. The smallest absolute Gasteiger partial charge is 0.233 e. The van der Waals surface area contributed by atoms with Crippen LogP contribution in [-0.4, -0.2) is 11.8 Å². The molecule has 0 saturated carbocycles. The number of benzene rings is 2. The Bertz CT molecular complexity index is 771. The second-order valence-corrected chi connectivity index (χ2v) is 7.40. The fourth-order valence-electron chi connectivity index (χ4n) is 2.43. The molecule has 2 aromatic carbocycles. The minimum atomic E-state index is -0.329. The average molecular weight is 338 g/mol. The average Bonchev–Trinajstić information content (AvgIpc) is 2.50. The molecular weight excluding hydrogens is 312 g/mol. The molecule has 0 saturated heterocycles. The first kappa shape index (κ1) is 18.7. The molecule has 0 radical (unpaired) electrons. The zero-order chi connectivity index (χ0) is 18.6. The van der Waals surface area contributed by atoms with E-state index in [-0.39, 0.29) is 23.7 Å². The Balaban J connectivity index is 1.91. The summed E-state index contributed by atoms with van der Waals surface area (Å²) < 4.78 is 0. The molecule has 2 amide bonds. The van der Waals surface area contributed by atoms with Crippen molar-refractivity contribution in [3.63, 3.8) is 0 Å². The van der Waals surface area contributed by atoms with Crippen molar-refractivity contribution in [2.75, 3.05) is 10.6 Å². The summed E-state index contributed by atoms with van der Waals surface area (Å²) in [5, 5.41) is 5.51. The minimum Gasteiger partial charge on any atom is -0.326 e. The Morgan fingerprint density at radius 1 is 0.800 bits per heavy atom. The van der Waals surface area contributed by atoms with Crippen LogP contribution in [0.3, 0.4) is 0 Å². The highest BCUT2D eigenvalue weighted by molar-refractivity contribution is 6.08. The van der Waals surface area contributed by atoms with Crippen molar-refractivity contribution in [3.05, 3.63) is 59.2 Å². The van der Waals surface area contributed by atoms with Gasteiger partial charge in [-0.3, -0.25) is 9.59 Å². The number of amides is 2. The fourth-order valence-corrected chi connectivity index (χ4v) is 2.43. The van der Waals surface area contributed by atoms with Crippen molar-refractivity contribution < 1.29 is 9.59 Å². The molecule has 0 fully saturated rings. The molecule has 2 N–H and O–H groups in total. The summed E-state index contributed by atoms with van der Waals surface area (Å²) in [6.45, 7) is 10.4. The molecular formula is C21H26N2O2. The van der Waals surface area contributed by atoms with E-state index in [1.165, 1.54) is 5.56 Å². The summed E-state index contributed by atoms with van der Waals surface area (Å²) in [6.07, 6.45) is -0.214. The summed E-state index contributed by atoms with van der Waals surface area (Å²) in [5.74, 6) is -0.656. The summed E-state index contributed by atoms with van der Waals surface area (Å²) >= 11 is 0. The molecule has 0 heterocycles. The van der Waals surface area contributed by atoms with E-state index in [2.05, 4.69) is 31.4 Å². The molecule has 2 rings (SSSR count). The Kier molecular flexibility index (Phi) is 5.62. The summed E-state index contributed by atoms with van der Waals surface area (Å²) in [5.41, 5.74) is 4.91. The van der Waals surface area contributed by atoms with E-state index >= 15 is 0 Å². The number of carbonyl (C=O) groups is 2. The second-order valence-electron chi connectivity index (χ2n) is 7.40. The van der Waals surface area contributed by atoms with Crippen LogP contribution in [0.5, 0.6) is 0 Å². The van der Waals surface area contributed by atoms with Crippen LogP contribution in [0, 0.1) is 13.8 Å². The van der Waals surface area contributed by atoms with Crippen LogP contribution in [0.25, 0.3) is 0 Å². The number of anilines is 2. The van der Waals surface area contributed by atoms with E-state index in [1.54, 1.807) is 0 Å². The van der Waals surface area contributed by atoms with Gasteiger partial charge in [0, 0.05) is 11.4 Å². The molecule has 0 unspecified atom stereocenters. The van der Waals surface area contributed by atoms with E-state index in [1.807, 2.05) is 56.3 Å². The second kappa shape index (κ2) is 7.51. The van der Waals surface area contributed by atoms with E-state index in [4.69, 9.17) is 0 Å². The maximum Gasteiger partial charge on any atom is 0.233 e. The van der Waals surface area contributed by atoms with Gasteiger partial charge in [0.25, 0.3) is 0 Å². The molecule has 0 aliphatic heterocycles. The molecule has 0 atom stereocenters. The third-order valence-corrected chi connectivity index (χ3v) is 4.15. The lowest BCUT2D eigenvalue weighted by atomic mass is 9.87. The summed E-state index contributed by atoms with van der Waals surface area (Å²) in [6, 6.07) is 13.4. The van der Waals surface area contributed by atoms with E-state index in [9.17, 15) is 9.59 Å². The molecule has 4 heteroatoms. The molecule has 2 aromatic rings. The van der Waals surface area contributed by atoms with E-state index < -0.39 is 0 Å². The van der Waals surface area contributed by atoms with Gasteiger partial charge in [0.15, 0.2) is 0 Å². The van der Waals surface area contributed by atoms with Crippen molar-refractivity contribution in [1.29, 1.82) is 0 Å². The van der Waals surface area contributed by atoms with Gasteiger partial charge in [-0.1, -0.05) is 39.0 Å². The van der Waals surface area contributed by atoms with Gasteiger partial charge in [0.1, 0.15) is 6.42 Å². The number of aryl methyl sites for hydroxylation is 2. The van der Waals surface area contributed by atoms with Crippen LogP contribution in [0.15, 0.2) is 42.5 Å². The van der Waals surface area contributed by atoms with Crippen molar-refractivity contribution in [2.24, 2.45) is 0 Å². The predicted molar refractivity (Wildman–Crippen MR) is 103 cm³/mol. The third-order valence-electron chi connectivity index (χ3n) is 4.15. The lowest BCUT2D eigenvalue weighted by molar-refractivity contribution is -0.123. The highest BCUT2D eigenvalue weighted by Crippen LogP contribution is 2.23. The number of rotatable bonds is 4. The summed E-state index contributed by atoms with van der Waals surface area (Å²) in [7, 11) is 0. The topological polar surface area (TPSA) is 58.2 Å². The van der Waals surface area contributed by atoms with Gasteiger partial charge in [-0.25, -0.2) is 0 Å². The number of hydrogen-bond acceptors (Lipinski definition) is 2. The lowest BCUT2D eigenvalue weighted by Crippen LogP contribution is -2.21. The van der Waals surface area contributed by atoms with Crippen molar-refractivity contribution in [3.8, 4) is 0 Å². The van der Waals surface area contributed by atoms with Crippen LogP contribution in [0.4, 0.5) is 11.4 Å². The number of carbonyl (C=O) groups excluding carboxylic acids is 2. The van der Waals surface area contributed by atoms with Gasteiger partial charge in [0.05, 0.1) is 0 Å². The standard InChI is InChI=1S/C21H26N2O2/c1-14-6-9-18(12-15(14)2)23-20(25)13-19(24)22-17-10-7-16(8-11-17)21(3,4)5/h6-12H,13H2,1-5H3,(H,22,24)(H,23,25). The molecule has 25 heavy (non-hydrogen) atoms. The van der Waals surface area contributed by atoms with Crippen LogP contribution in [-0.2, 0) is 15.0 Å². The highest BCUT2D eigenvalue weighted by Gasteiger charge is 2.14. The SMILES string of the molecule is Cc1ccc(NC(=O)CC(=O)Nc2ccc(C(C)(C)C)cc2)cc1C. The van der Waals surface area contributed by atoms with Crippen LogP contribution >= 0.6 is 0 Å². The lowest BCUT2D eigenvalue weighted by Gasteiger charge is -2.19. The normalized spacial score (nSPS) is 11.1. The molecule has 0 bridgehead atoms. The maximum atomic E-state index is 12.0. The monoisotopic (exact) mass is 338 g/mol. The Labute approximate surface area is 149 Å². The Hall–Kier alpha value is -2.62. The quantitative estimate of drug-likeness (QED) is 0.802. The third kappa shape index (κ3) is 5.45. The predicted octanol–water partition coefficient (Wildman–Crippen LogP) is 4.57. The first-order valence-electron chi connectivity index (χ1n) is 8.42. The molecule has 0 spiro atoms. The Morgan fingerprint density at radius 2 is 1.32 bits per heavy atom. The Morgan fingerprint density at radius 3 is 1.84 bits per heavy atom. The molecule has 4 nitrogen and oxygen atoms in total. The minimum absolute atomic E-state index is 0.0641. The van der Waals surface area contributed by atoms with Gasteiger partial charge in [-0.2, -0.15) is 0 Å². The maximum absolute atomic E-state index is 12.0. The van der Waals surface area contributed by atoms with Gasteiger partial charge in [-0.15, -0.1) is 0 Å². The molecule has 0 aliphatic carbocycles. The van der Waals surface area contributed by atoms with Crippen molar-refractivity contribution in [1.82, 2.24) is 0 Å². The highest BCUT2D eigenvalue weighted by atomic mass is 16.2. The first-order chi connectivity index (χ1) is 11.6. The first-order valence-corrected chi connectivity index (χ1v) is 8.42. The number of nitrogens with one attached hydrogen (secondary N) is 2. The van der Waals surface area contributed by atoms with Gasteiger partial charge in [-0.05, 0) is 60.2 Å². The van der Waals surface area contributed by atoms with Crippen LogP contribution < -0.4 is 10.6 Å². The molecule has 132 valence electrons. The van der Waals surface area contributed by atoms with E-state index in [0.717, 1.165) is 11.1 Å². The van der Waals surface area contributed by atoms with Crippen molar-refractivity contribution in [2.45, 2.75) is 46.5 Å². The van der Waals surface area contributed by atoms with Gasteiger partial charge in [0.2, 0.25) is 11.8 Å².